The molecule has 0 aliphatic rings. The summed E-state index contributed by atoms with van der Waals surface area (Å²) in [5, 5.41) is 18.2. The fourth-order valence-electron chi connectivity index (χ4n) is 2.03. The Kier molecular flexibility index (Phi) is 5.03. The van der Waals surface area contributed by atoms with Crippen LogP contribution in [0.5, 0.6) is 0 Å². The highest BCUT2D eigenvalue weighted by Gasteiger charge is 2.20. The van der Waals surface area contributed by atoms with Crippen LogP contribution in [0.25, 0.3) is 5.69 Å². The van der Waals surface area contributed by atoms with Gasteiger partial charge >= 0.3 is 0 Å². The van der Waals surface area contributed by atoms with Crippen LogP contribution in [0.3, 0.4) is 0 Å². The fraction of sp³-hybridized carbons (Fsp3) is 0.312. The molecule has 3 rings (SSSR count). The van der Waals surface area contributed by atoms with Gasteiger partial charge in [0.05, 0.1) is 17.1 Å². The Morgan fingerprint density at radius 3 is 2.85 bits per heavy atom. The van der Waals surface area contributed by atoms with Gasteiger partial charge in [0.25, 0.3) is 0 Å². The molecule has 10 heteroatoms. The number of tetrazole rings is 1. The van der Waals surface area contributed by atoms with Gasteiger partial charge in [-0.25, -0.2) is 4.39 Å². The predicted octanol–water partition coefficient (Wildman–Crippen LogP) is 2.82. The normalized spacial score (nSPS) is 11.5. The van der Waals surface area contributed by atoms with Crippen LogP contribution >= 0.6 is 11.8 Å². The molecule has 0 aliphatic heterocycles. The summed E-state index contributed by atoms with van der Waals surface area (Å²) in [7, 11) is 0. The molecule has 1 amide bonds. The van der Waals surface area contributed by atoms with Gasteiger partial charge in [-0.2, -0.15) is 4.68 Å². The van der Waals surface area contributed by atoms with Crippen molar-refractivity contribution < 1.29 is 13.7 Å². The molecule has 136 valence electrons. The van der Waals surface area contributed by atoms with Gasteiger partial charge in [0, 0.05) is 11.5 Å². The Bertz CT molecular complexity index is 917. The van der Waals surface area contributed by atoms with Crippen LogP contribution in [0.1, 0.15) is 26.5 Å². The molecule has 0 radical (unpaired) electrons. The number of amides is 1. The molecular formula is C16H17FN6O2S. The molecule has 26 heavy (non-hydrogen) atoms. The number of aromatic nitrogens is 5. The predicted molar refractivity (Wildman–Crippen MR) is 93.7 cm³/mol. The number of anilines is 1. The molecule has 2 heterocycles. The van der Waals surface area contributed by atoms with Crippen molar-refractivity contribution in [3.05, 3.63) is 41.8 Å². The number of nitrogens with one attached hydrogen (secondary N) is 1. The zero-order valence-electron chi connectivity index (χ0n) is 14.4. The lowest BCUT2D eigenvalue weighted by Crippen LogP contribution is -2.14. The van der Waals surface area contributed by atoms with Crippen molar-refractivity contribution in [1.82, 2.24) is 25.4 Å². The minimum atomic E-state index is -0.397. The third-order valence-electron chi connectivity index (χ3n) is 3.37. The number of carbonyl (C=O) groups excluding carboxylic acids is 1. The van der Waals surface area contributed by atoms with Gasteiger partial charge < -0.3 is 4.52 Å². The number of carbonyl (C=O) groups is 1. The van der Waals surface area contributed by atoms with Crippen molar-refractivity contribution in [2.45, 2.75) is 31.3 Å². The first-order valence-electron chi connectivity index (χ1n) is 7.77. The van der Waals surface area contributed by atoms with E-state index in [1.807, 2.05) is 20.8 Å². The van der Waals surface area contributed by atoms with Crippen molar-refractivity contribution in [2.24, 2.45) is 0 Å². The monoisotopic (exact) mass is 376 g/mol. The van der Waals surface area contributed by atoms with Crippen molar-refractivity contribution in [2.75, 3.05) is 11.1 Å². The van der Waals surface area contributed by atoms with Gasteiger partial charge in [-0.1, -0.05) is 43.8 Å². The Morgan fingerprint density at radius 1 is 1.35 bits per heavy atom. The molecule has 1 aromatic carbocycles. The molecule has 0 saturated carbocycles. The first kappa shape index (κ1) is 18.1. The molecular weight excluding hydrogens is 359 g/mol. The lowest BCUT2D eigenvalue weighted by molar-refractivity contribution is -0.113. The lowest BCUT2D eigenvalue weighted by atomic mass is 9.92. The molecule has 8 nitrogen and oxygen atoms in total. The van der Waals surface area contributed by atoms with Gasteiger partial charge in [0.1, 0.15) is 5.82 Å². The fourth-order valence-corrected chi connectivity index (χ4v) is 2.72. The summed E-state index contributed by atoms with van der Waals surface area (Å²) in [6, 6.07) is 7.57. The average molecular weight is 376 g/mol. The van der Waals surface area contributed by atoms with Crippen LogP contribution in [0.4, 0.5) is 10.3 Å². The molecule has 0 fully saturated rings. The van der Waals surface area contributed by atoms with E-state index in [0.717, 1.165) is 17.5 Å². The Balaban J connectivity index is 1.62. The Labute approximate surface area is 153 Å². The maximum atomic E-state index is 13.4. The second-order valence-corrected chi connectivity index (χ2v) is 7.46. The van der Waals surface area contributed by atoms with Gasteiger partial charge in [-0.15, -0.1) is 5.10 Å². The minimum absolute atomic E-state index is 0.0568. The highest BCUT2D eigenvalue weighted by Crippen LogP contribution is 2.24. The third kappa shape index (κ3) is 4.26. The molecule has 0 aliphatic carbocycles. The molecule has 0 saturated heterocycles. The number of benzene rings is 1. The van der Waals surface area contributed by atoms with Crippen LogP contribution < -0.4 is 5.32 Å². The van der Waals surface area contributed by atoms with Crippen LogP contribution in [0.15, 0.2) is 40.0 Å². The van der Waals surface area contributed by atoms with Gasteiger partial charge in [-0.05, 0) is 28.6 Å². The number of thioether (sulfide) groups is 1. The minimum Gasteiger partial charge on any atom is -0.338 e. The van der Waals surface area contributed by atoms with Crippen molar-refractivity contribution in [3.63, 3.8) is 0 Å². The van der Waals surface area contributed by atoms with E-state index in [-0.39, 0.29) is 23.0 Å². The van der Waals surface area contributed by atoms with Crippen LogP contribution in [0.2, 0.25) is 0 Å². The maximum Gasteiger partial charge on any atom is 0.237 e. The van der Waals surface area contributed by atoms with E-state index in [2.05, 4.69) is 26.0 Å². The second-order valence-electron chi connectivity index (χ2n) is 6.52. The van der Waals surface area contributed by atoms with Crippen LogP contribution in [-0.2, 0) is 10.2 Å². The largest absolute Gasteiger partial charge is 0.338 e. The van der Waals surface area contributed by atoms with Crippen molar-refractivity contribution >= 4 is 23.6 Å². The number of hydrogen-bond acceptors (Lipinski definition) is 7. The van der Waals surface area contributed by atoms with E-state index in [9.17, 15) is 9.18 Å². The second kappa shape index (κ2) is 7.24. The molecule has 3 aromatic rings. The average Bonchev–Trinajstić information content (AvgIpc) is 3.21. The highest BCUT2D eigenvalue weighted by molar-refractivity contribution is 7.99. The van der Waals surface area contributed by atoms with E-state index in [1.54, 1.807) is 18.2 Å². The smallest absolute Gasteiger partial charge is 0.237 e. The molecule has 0 unspecified atom stereocenters. The van der Waals surface area contributed by atoms with Crippen LogP contribution in [0, 0.1) is 5.82 Å². The number of halogens is 1. The van der Waals surface area contributed by atoms with Crippen LogP contribution in [-0.4, -0.2) is 37.0 Å². The topological polar surface area (TPSA) is 98.7 Å². The summed E-state index contributed by atoms with van der Waals surface area (Å²) >= 11 is 1.12. The summed E-state index contributed by atoms with van der Waals surface area (Å²) in [4.78, 5) is 12.1. The van der Waals surface area contributed by atoms with E-state index in [0.29, 0.717) is 10.8 Å². The van der Waals surface area contributed by atoms with E-state index in [4.69, 9.17) is 4.52 Å². The first-order chi connectivity index (χ1) is 12.3. The summed E-state index contributed by atoms with van der Waals surface area (Å²) in [6.45, 7) is 6.00. The summed E-state index contributed by atoms with van der Waals surface area (Å²) in [5.74, 6) is -0.348. The zero-order chi connectivity index (χ0) is 18.7. The number of nitrogens with zero attached hydrogens (tertiary/aromatic N) is 5. The van der Waals surface area contributed by atoms with Gasteiger partial charge in [0.2, 0.25) is 16.9 Å². The number of rotatable bonds is 5. The molecule has 0 atom stereocenters. The molecule has 0 bridgehead atoms. The van der Waals surface area contributed by atoms with Gasteiger partial charge in [0.15, 0.2) is 0 Å². The Hall–Kier alpha value is -2.75. The summed E-state index contributed by atoms with van der Waals surface area (Å²) in [6.07, 6.45) is 0. The third-order valence-corrected chi connectivity index (χ3v) is 4.29. The molecule has 1 N–H and O–H groups in total. The summed E-state index contributed by atoms with van der Waals surface area (Å²) in [5.41, 5.74) is 1.05. The van der Waals surface area contributed by atoms with Gasteiger partial charge in [-0.3, -0.25) is 10.1 Å². The van der Waals surface area contributed by atoms with Crippen molar-refractivity contribution in [3.8, 4) is 5.69 Å². The standard InChI is InChI=1S/C16H17FN6O2S/c1-16(2,3)12-8-14(25-20-12)18-13(24)9-26-15-19-21-22-23(15)11-6-4-5-10(17)7-11/h4-8H,9H2,1-3H3,(H,18,24). The number of hydrogen-bond donors (Lipinski definition) is 1. The molecule has 2 aromatic heterocycles. The zero-order valence-corrected chi connectivity index (χ0v) is 15.2. The highest BCUT2D eigenvalue weighted by atomic mass is 32.2. The Morgan fingerprint density at radius 2 is 2.15 bits per heavy atom. The quantitative estimate of drug-likeness (QED) is 0.684. The summed E-state index contributed by atoms with van der Waals surface area (Å²) < 4.78 is 19.9. The van der Waals surface area contributed by atoms with E-state index < -0.39 is 5.82 Å². The van der Waals surface area contributed by atoms with E-state index in [1.165, 1.54) is 16.8 Å². The first-order valence-corrected chi connectivity index (χ1v) is 8.75. The maximum absolute atomic E-state index is 13.4. The van der Waals surface area contributed by atoms with Crippen molar-refractivity contribution in [1.29, 1.82) is 0 Å². The molecule has 0 spiro atoms. The van der Waals surface area contributed by atoms with E-state index >= 15 is 0 Å². The lowest BCUT2D eigenvalue weighted by Gasteiger charge is -2.12. The SMILES string of the molecule is CC(C)(C)c1cc(NC(=O)CSc2nnnn2-c2cccc(F)c2)on1.